The van der Waals surface area contributed by atoms with Gasteiger partial charge in [0, 0.05) is 12.6 Å². The topological polar surface area (TPSA) is 71.9 Å². The summed E-state index contributed by atoms with van der Waals surface area (Å²) >= 11 is 0. The minimum Gasteiger partial charge on any atom is -0.497 e. The number of aryl methyl sites for hydroxylation is 1. The average Bonchev–Trinajstić information content (AvgIpc) is 3.46. The van der Waals surface area contributed by atoms with Crippen LogP contribution in [0.1, 0.15) is 30.3 Å². The third kappa shape index (κ3) is 2.79. The van der Waals surface area contributed by atoms with Gasteiger partial charge in [0.25, 0.3) is 0 Å². The Labute approximate surface area is 163 Å². The number of nitrogens with zero attached hydrogens (tertiary/aromatic N) is 5. The van der Waals surface area contributed by atoms with Gasteiger partial charge in [-0.05, 0) is 49.6 Å². The van der Waals surface area contributed by atoms with Crippen LogP contribution < -0.4 is 9.64 Å². The molecule has 1 fully saturated rings. The number of benzene rings is 2. The zero-order chi connectivity index (χ0) is 19.1. The van der Waals surface area contributed by atoms with Crippen molar-refractivity contribution in [3.63, 3.8) is 0 Å². The molecule has 0 radical (unpaired) electrons. The summed E-state index contributed by atoms with van der Waals surface area (Å²) in [6.07, 6.45) is 5.58. The first kappa shape index (κ1) is 16.8. The van der Waals surface area contributed by atoms with Gasteiger partial charge < -0.3 is 14.6 Å². The van der Waals surface area contributed by atoms with Crippen molar-refractivity contribution < 1.29 is 4.74 Å². The van der Waals surface area contributed by atoms with E-state index >= 15 is 0 Å². The van der Waals surface area contributed by atoms with Gasteiger partial charge in [0.05, 0.1) is 42.3 Å². The Bertz CT molecular complexity index is 1120. The highest BCUT2D eigenvalue weighted by Crippen LogP contribution is 2.38. The molecule has 1 unspecified atom stereocenters. The third-order valence-corrected chi connectivity index (χ3v) is 5.35. The maximum absolute atomic E-state index is 5.34. The van der Waals surface area contributed by atoms with Gasteiger partial charge in [0.15, 0.2) is 0 Å². The van der Waals surface area contributed by atoms with Crippen LogP contribution in [0.3, 0.4) is 0 Å². The lowest BCUT2D eigenvalue weighted by Crippen LogP contribution is -2.25. The molecule has 7 heteroatoms. The Hall–Kier alpha value is -3.35. The van der Waals surface area contributed by atoms with Crippen molar-refractivity contribution in [2.24, 2.45) is 0 Å². The molecule has 0 spiro atoms. The Kier molecular flexibility index (Phi) is 4.00. The van der Waals surface area contributed by atoms with E-state index in [0.717, 1.165) is 53.4 Å². The van der Waals surface area contributed by atoms with Gasteiger partial charge in [-0.2, -0.15) is 10.2 Å². The van der Waals surface area contributed by atoms with Crippen molar-refractivity contribution in [2.45, 2.75) is 25.8 Å². The zero-order valence-corrected chi connectivity index (χ0v) is 16.0. The molecule has 2 aromatic carbocycles. The van der Waals surface area contributed by atoms with E-state index in [1.54, 1.807) is 24.3 Å². The maximum Gasteiger partial charge on any atom is 0.130 e. The molecule has 142 valence electrons. The van der Waals surface area contributed by atoms with Gasteiger partial charge in [-0.3, -0.25) is 0 Å². The van der Waals surface area contributed by atoms with Gasteiger partial charge >= 0.3 is 0 Å². The Morgan fingerprint density at radius 3 is 2.75 bits per heavy atom. The van der Waals surface area contributed by atoms with Gasteiger partial charge in [0.2, 0.25) is 0 Å². The summed E-state index contributed by atoms with van der Waals surface area (Å²) in [5.41, 5.74) is 5.29. The second kappa shape index (κ2) is 6.67. The molecule has 4 aromatic rings. The van der Waals surface area contributed by atoms with Crippen molar-refractivity contribution in [3.05, 3.63) is 60.2 Å². The van der Waals surface area contributed by atoms with E-state index in [9.17, 15) is 0 Å². The lowest BCUT2D eigenvalue weighted by atomic mass is 10.1. The number of hydrogen-bond donors (Lipinski definition) is 1. The van der Waals surface area contributed by atoms with Gasteiger partial charge in [-0.15, -0.1) is 4.80 Å². The molecule has 2 aromatic heterocycles. The summed E-state index contributed by atoms with van der Waals surface area (Å²) in [5, 5.41) is 8.68. The SMILES string of the molecule is COc1ccc2nc(C3CCCN3c3cc(C)ccc3-n3nccn3)[nH]c2c1. The number of aromatic amines is 1. The fourth-order valence-electron chi connectivity index (χ4n) is 4.01. The standard InChI is InChI=1S/C21H22N6O/c1-14-5-8-18(27-22-9-10-23-27)20(12-14)26-11-3-4-19(26)21-24-16-7-6-15(28-2)13-17(16)25-21/h5-10,12-13,19H,3-4,11H2,1-2H3,(H,24,25). The van der Waals surface area contributed by atoms with Crippen molar-refractivity contribution in [2.75, 3.05) is 18.6 Å². The summed E-state index contributed by atoms with van der Waals surface area (Å²) in [7, 11) is 1.68. The summed E-state index contributed by atoms with van der Waals surface area (Å²) in [5.74, 6) is 1.82. The highest BCUT2D eigenvalue weighted by molar-refractivity contribution is 5.77. The van der Waals surface area contributed by atoms with Gasteiger partial charge in [0.1, 0.15) is 17.3 Å². The van der Waals surface area contributed by atoms with Crippen LogP contribution in [-0.4, -0.2) is 38.6 Å². The molecule has 0 aliphatic carbocycles. The number of aromatic nitrogens is 5. The minimum absolute atomic E-state index is 0.189. The van der Waals surface area contributed by atoms with Crippen LogP contribution in [0.2, 0.25) is 0 Å². The van der Waals surface area contributed by atoms with Crippen LogP contribution in [0.4, 0.5) is 5.69 Å². The smallest absolute Gasteiger partial charge is 0.130 e. The Morgan fingerprint density at radius 1 is 1.07 bits per heavy atom. The van der Waals surface area contributed by atoms with Crippen molar-refractivity contribution in [3.8, 4) is 11.4 Å². The molecule has 0 bridgehead atoms. The van der Waals surface area contributed by atoms with Crippen molar-refractivity contribution >= 4 is 16.7 Å². The average molecular weight is 374 g/mol. The lowest BCUT2D eigenvalue weighted by Gasteiger charge is -2.27. The number of methoxy groups -OCH3 is 1. The summed E-state index contributed by atoms with van der Waals surface area (Å²) < 4.78 is 5.34. The van der Waals surface area contributed by atoms with Crippen LogP contribution in [0.25, 0.3) is 16.7 Å². The van der Waals surface area contributed by atoms with Crippen LogP contribution in [0.15, 0.2) is 48.8 Å². The summed E-state index contributed by atoms with van der Waals surface area (Å²) in [6.45, 7) is 3.09. The van der Waals surface area contributed by atoms with E-state index in [0.29, 0.717) is 0 Å². The van der Waals surface area contributed by atoms with E-state index in [2.05, 4.69) is 45.2 Å². The number of ether oxygens (including phenoxy) is 1. The predicted molar refractivity (Wildman–Crippen MR) is 108 cm³/mol. The molecule has 1 saturated heterocycles. The number of H-pyrrole nitrogens is 1. The fraction of sp³-hybridized carbons (Fsp3) is 0.286. The first-order chi connectivity index (χ1) is 13.7. The monoisotopic (exact) mass is 374 g/mol. The second-order valence-electron chi connectivity index (χ2n) is 7.17. The highest BCUT2D eigenvalue weighted by atomic mass is 16.5. The number of anilines is 1. The molecule has 5 rings (SSSR count). The minimum atomic E-state index is 0.189. The Balaban J connectivity index is 1.57. The molecular weight excluding hydrogens is 352 g/mol. The van der Waals surface area contributed by atoms with Crippen LogP contribution >= 0.6 is 0 Å². The number of nitrogens with one attached hydrogen (secondary N) is 1. The number of imidazole rings is 1. The summed E-state index contributed by atoms with van der Waals surface area (Å²) in [4.78, 5) is 12.5. The predicted octanol–water partition coefficient (Wildman–Crippen LogP) is 3.80. The van der Waals surface area contributed by atoms with Crippen molar-refractivity contribution in [1.29, 1.82) is 0 Å². The molecule has 1 aliphatic rings. The largest absolute Gasteiger partial charge is 0.497 e. The molecule has 1 atom stereocenters. The quantitative estimate of drug-likeness (QED) is 0.588. The van der Waals surface area contributed by atoms with Crippen LogP contribution in [0.5, 0.6) is 5.75 Å². The maximum atomic E-state index is 5.34. The fourth-order valence-corrected chi connectivity index (χ4v) is 4.01. The molecule has 3 heterocycles. The first-order valence-corrected chi connectivity index (χ1v) is 9.50. The normalized spacial score (nSPS) is 16.8. The first-order valence-electron chi connectivity index (χ1n) is 9.50. The molecule has 1 N–H and O–H groups in total. The molecular formula is C21H22N6O. The van der Waals surface area contributed by atoms with E-state index < -0.39 is 0 Å². The van der Waals surface area contributed by atoms with E-state index in [4.69, 9.17) is 9.72 Å². The van der Waals surface area contributed by atoms with E-state index in [1.165, 1.54) is 5.56 Å². The van der Waals surface area contributed by atoms with Crippen molar-refractivity contribution in [1.82, 2.24) is 25.0 Å². The molecule has 0 amide bonds. The molecule has 28 heavy (non-hydrogen) atoms. The molecule has 0 saturated carbocycles. The van der Waals surface area contributed by atoms with Crippen LogP contribution in [-0.2, 0) is 0 Å². The lowest BCUT2D eigenvalue weighted by molar-refractivity contribution is 0.415. The third-order valence-electron chi connectivity index (χ3n) is 5.35. The zero-order valence-electron chi connectivity index (χ0n) is 16.0. The summed E-state index contributed by atoms with van der Waals surface area (Å²) in [6, 6.07) is 12.5. The van der Waals surface area contributed by atoms with E-state index in [-0.39, 0.29) is 6.04 Å². The number of hydrogen-bond acceptors (Lipinski definition) is 5. The Morgan fingerprint density at radius 2 is 1.93 bits per heavy atom. The second-order valence-corrected chi connectivity index (χ2v) is 7.17. The van der Waals surface area contributed by atoms with Gasteiger partial charge in [-0.25, -0.2) is 4.98 Å². The number of fused-ring (bicyclic) bond motifs is 1. The molecule has 7 nitrogen and oxygen atoms in total. The number of rotatable bonds is 4. The van der Waals surface area contributed by atoms with Gasteiger partial charge in [-0.1, -0.05) is 6.07 Å². The highest BCUT2D eigenvalue weighted by Gasteiger charge is 2.31. The van der Waals surface area contributed by atoms with Crippen LogP contribution in [0, 0.1) is 6.92 Å². The molecule has 1 aliphatic heterocycles. The van der Waals surface area contributed by atoms with E-state index in [1.807, 2.05) is 18.2 Å².